The number of fused-ring (bicyclic) bond motifs is 1. The molecule has 1 aromatic heterocycles. The molecule has 8 heteroatoms. The number of benzene rings is 2. The molecule has 1 aliphatic heterocycles. The van der Waals surface area contributed by atoms with E-state index in [-0.39, 0.29) is 11.9 Å². The normalized spacial score (nSPS) is 16.3. The van der Waals surface area contributed by atoms with E-state index in [0.29, 0.717) is 28.8 Å². The van der Waals surface area contributed by atoms with Gasteiger partial charge in [-0.1, -0.05) is 24.3 Å². The van der Waals surface area contributed by atoms with Crippen LogP contribution in [0.4, 0.5) is 23.4 Å². The topological polar surface area (TPSA) is 41.1 Å². The van der Waals surface area contributed by atoms with Crippen LogP contribution in [0.1, 0.15) is 24.0 Å². The van der Waals surface area contributed by atoms with Crippen molar-refractivity contribution in [3.8, 4) is 0 Å². The summed E-state index contributed by atoms with van der Waals surface area (Å²) in [6.07, 6.45) is -1.34. The lowest BCUT2D eigenvalue weighted by Gasteiger charge is -2.32. The Hall–Kier alpha value is -2.74. The molecule has 0 atom stereocenters. The Balaban J connectivity index is 1.38. The summed E-state index contributed by atoms with van der Waals surface area (Å²) in [5.74, 6) is 0.108. The van der Waals surface area contributed by atoms with E-state index in [1.807, 2.05) is 0 Å². The van der Waals surface area contributed by atoms with Gasteiger partial charge >= 0.3 is 6.18 Å². The smallest absolute Gasteiger partial charge is 0.367 e. The average Bonchev–Trinajstić information content (AvgIpc) is 2.69. The highest BCUT2D eigenvalue weighted by Crippen LogP contribution is 2.30. The number of aromatic nitrogens is 2. The Morgan fingerprint density at radius 3 is 2.55 bits per heavy atom. The summed E-state index contributed by atoms with van der Waals surface area (Å²) >= 11 is 0. The molecule has 0 radical (unpaired) electrons. The van der Waals surface area contributed by atoms with Gasteiger partial charge in [-0.2, -0.15) is 13.2 Å². The van der Waals surface area contributed by atoms with Crippen LogP contribution < -0.4 is 5.32 Å². The molecule has 2 aromatic carbocycles. The maximum absolute atomic E-state index is 14.2. The third kappa shape index (κ3) is 4.48. The Labute approximate surface area is 165 Å². The van der Waals surface area contributed by atoms with Gasteiger partial charge in [0.25, 0.3) is 0 Å². The van der Waals surface area contributed by atoms with Crippen molar-refractivity contribution in [3.05, 3.63) is 65.7 Å². The molecule has 1 saturated heterocycles. The molecule has 0 amide bonds. The van der Waals surface area contributed by atoms with E-state index in [9.17, 15) is 17.6 Å². The quantitative estimate of drug-likeness (QED) is 0.631. The molecule has 4 nitrogen and oxygen atoms in total. The van der Waals surface area contributed by atoms with Crippen LogP contribution in [0.2, 0.25) is 0 Å². The zero-order valence-electron chi connectivity index (χ0n) is 15.6. The molecule has 152 valence electrons. The van der Waals surface area contributed by atoms with Gasteiger partial charge in [0.15, 0.2) is 0 Å². The molecule has 0 spiro atoms. The van der Waals surface area contributed by atoms with Crippen molar-refractivity contribution in [1.29, 1.82) is 0 Å². The number of piperidine rings is 1. The van der Waals surface area contributed by atoms with Gasteiger partial charge < -0.3 is 5.32 Å². The predicted molar refractivity (Wildman–Crippen MR) is 103 cm³/mol. The maximum Gasteiger partial charge on any atom is 0.416 e. The maximum atomic E-state index is 14.2. The third-order valence-corrected chi connectivity index (χ3v) is 5.20. The summed E-state index contributed by atoms with van der Waals surface area (Å²) in [6, 6.07) is 10.3. The second kappa shape index (κ2) is 7.94. The van der Waals surface area contributed by atoms with Crippen molar-refractivity contribution in [3.63, 3.8) is 0 Å². The van der Waals surface area contributed by atoms with Gasteiger partial charge in [-0.05, 0) is 36.6 Å². The number of alkyl halides is 3. The van der Waals surface area contributed by atoms with Gasteiger partial charge in [-0.25, -0.2) is 14.4 Å². The molecule has 2 heterocycles. The molecule has 1 aliphatic rings. The minimum Gasteiger partial charge on any atom is -0.367 e. The zero-order chi connectivity index (χ0) is 20.4. The predicted octanol–water partition coefficient (Wildman–Crippen LogP) is 4.86. The van der Waals surface area contributed by atoms with Crippen molar-refractivity contribution >= 4 is 16.7 Å². The lowest BCUT2D eigenvalue weighted by Crippen LogP contribution is -2.38. The van der Waals surface area contributed by atoms with Gasteiger partial charge in [0.2, 0.25) is 0 Å². The Morgan fingerprint density at radius 1 is 1.03 bits per heavy atom. The molecular formula is C21H20F4N4. The number of hydrogen-bond donors (Lipinski definition) is 1. The SMILES string of the molecule is Fc1cccc2ncnc(NC3CCN(Cc4cccc(C(F)(F)F)c4)CC3)c12. The minimum absolute atomic E-state index is 0.116. The summed E-state index contributed by atoms with van der Waals surface area (Å²) in [6.45, 7) is 1.94. The number of hydrogen-bond acceptors (Lipinski definition) is 4. The lowest BCUT2D eigenvalue weighted by atomic mass is 10.0. The summed E-state index contributed by atoms with van der Waals surface area (Å²) in [5.41, 5.74) is 0.573. The van der Waals surface area contributed by atoms with E-state index in [1.54, 1.807) is 18.2 Å². The molecule has 1 N–H and O–H groups in total. The summed E-state index contributed by atoms with van der Waals surface area (Å²) in [7, 11) is 0. The van der Waals surface area contributed by atoms with Crippen molar-refractivity contribution in [2.24, 2.45) is 0 Å². The highest BCUT2D eigenvalue weighted by molar-refractivity contribution is 5.89. The Bertz CT molecular complexity index is 992. The highest BCUT2D eigenvalue weighted by Gasteiger charge is 2.30. The first-order chi connectivity index (χ1) is 13.9. The molecule has 4 rings (SSSR count). The Morgan fingerprint density at radius 2 is 1.79 bits per heavy atom. The summed E-state index contributed by atoms with van der Waals surface area (Å²) in [5, 5.41) is 3.69. The lowest BCUT2D eigenvalue weighted by molar-refractivity contribution is -0.137. The first kappa shape index (κ1) is 19.6. The second-order valence-electron chi connectivity index (χ2n) is 7.25. The largest absolute Gasteiger partial charge is 0.416 e. The number of halogens is 4. The van der Waals surface area contributed by atoms with Gasteiger partial charge in [0.1, 0.15) is 18.0 Å². The van der Waals surface area contributed by atoms with E-state index in [2.05, 4.69) is 20.2 Å². The molecule has 0 aliphatic carbocycles. The minimum atomic E-state index is -4.33. The van der Waals surface area contributed by atoms with E-state index in [4.69, 9.17) is 0 Å². The van der Waals surface area contributed by atoms with Crippen LogP contribution in [-0.4, -0.2) is 34.0 Å². The fraction of sp³-hybridized carbons (Fsp3) is 0.333. The Kier molecular flexibility index (Phi) is 5.36. The molecule has 1 fully saturated rings. The first-order valence-corrected chi connectivity index (χ1v) is 9.44. The zero-order valence-corrected chi connectivity index (χ0v) is 15.6. The molecule has 3 aromatic rings. The van der Waals surface area contributed by atoms with Crippen LogP contribution in [0, 0.1) is 5.82 Å². The molecule has 0 bridgehead atoms. The molecular weight excluding hydrogens is 384 g/mol. The van der Waals surface area contributed by atoms with Crippen molar-refractivity contribution in [1.82, 2.24) is 14.9 Å². The molecule has 0 saturated carbocycles. The van der Waals surface area contributed by atoms with Crippen LogP contribution in [0.15, 0.2) is 48.8 Å². The van der Waals surface area contributed by atoms with Crippen LogP contribution in [0.3, 0.4) is 0 Å². The summed E-state index contributed by atoms with van der Waals surface area (Å²) in [4.78, 5) is 10.4. The van der Waals surface area contributed by atoms with Crippen molar-refractivity contribution in [2.75, 3.05) is 18.4 Å². The van der Waals surface area contributed by atoms with E-state index in [0.717, 1.165) is 32.0 Å². The van der Waals surface area contributed by atoms with Gasteiger partial charge in [-0.15, -0.1) is 0 Å². The third-order valence-electron chi connectivity index (χ3n) is 5.20. The fourth-order valence-corrected chi connectivity index (χ4v) is 3.71. The molecule has 0 unspecified atom stereocenters. The van der Waals surface area contributed by atoms with Crippen LogP contribution >= 0.6 is 0 Å². The first-order valence-electron chi connectivity index (χ1n) is 9.44. The number of nitrogens with zero attached hydrogens (tertiary/aromatic N) is 3. The fourth-order valence-electron chi connectivity index (χ4n) is 3.71. The standard InChI is InChI=1S/C21H20F4N4/c22-17-5-2-6-18-19(17)20(27-13-26-18)28-16-7-9-29(10-8-16)12-14-3-1-4-15(11-14)21(23,24)25/h1-6,11,13,16H,7-10,12H2,(H,26,27,28). The second-order valence-corrected chi connectivity index (χ2v) is 7.25. The van der Waals surface area contributed by atoms with Crippen molar-refractivity contribution < 1.29 is 17.6 Å². The summed E-state index contributed by atoms with van der Waals surface area (Å²) < 4.78 is 52.9. The number of anilines is 1. The monoisotopic (exact) mass is 404 g/mol. The van der Waals surface area contributed by atoms with E-state index >= 15 is 0 Å². The number of rotatable bonds is 4. The number of nitrogens with one attached hydrogen (secondary N) is 1. The van der Waals surface area contributed by atoms with E-state index < -0.39 is 11.7 Å². The van der Waals surface area contributed by atoms with Gasteiger partial charge in [-0.3, -0.25) is 4.90 Å². The van der Waals surface area contributed by atoms with E-state index in [1.165, 1.54) is 24.5 Å². The average molecular weight is 404 g/mol. The van der Waals surface area contributed by atoms with Crippen LogP contribution in [0.25, 0.3) is 10.9 Å². The van der Waals surface area contributed by atoms with Crippen LogP contribution in [0.5, 0.6) is 0 Å². The number of likely N-dealkylation sites (tertiary alicyclic amines) is 1. The highest BCUT2D eigenvalue weighted by atomic mass is 19.4. The van der Waals surface area contributed by atoms with Gasteiger partial charge in [0, 0.05) is 25.7 Å². The van der Waals surface area contributed by atoms with Gasteiger partial charge in [0.05, 0.1) is 16.5 Å². The molecule has 29 heavy (non-hydrogen) atoms. The van der Waals surface area contributed by atoms with Crippen LogP contribution in [-0.2, 0) is 12.7 Å². The van der Waals surface area contributed by atoms with Crippen molar-refractivity contribution in [2.45, 2.75) is 31.6 Å².